The van der Waals surface area contributed by atoms with Crippen molar-refractivity contribution >= 4 is 5.91 Å². The summed E-state index contributed by atoms with van der Waals surface area (Å²) in [7, 11) is 0. The summed E-state index contributed by atoms with van der Waals surface area (Å²) in [6.45, 7) is 5.63. The summed E-state index contributed by atoms with van der Waals surface area (Å²) in [5, 5.41) is 0. The molecule has 0 aliphatic heterocycles. The van der Waals surface area contributed by atoms with E-state index < -0.39 is 11.9 Å². The third-order valence-electron chi connectivity index (χ3n) is 1.24. The molecule has 0 unspecified atom stereocenters. The fraction of sp³-hybridized carbons (Fsp3) is 0.833. The molecule has 6 N–H and O–H groups in total. The van der Waals surface area contributed by atoms with Gasteiger partial charge in [-0.1, -0.05) is 20.8 Å². The summed E-state index contributed by atoms with van der Waals surface area (Å²) in [5.41, 5.74) is 10.2. The minimum absolute atomic E-state index is 0. The van der Waals surface area contributed by atoms with Gasteiger partial charge in [0.15, 0.2) is 0 Å². The average molecular weight is 148 g/mol. The van der Waals surface area contributed by atoms with Crippen molar-refractivity contribution in [2.75, 3.05) is 0 Å². The smallest absolute Gasteiger partial charge is 0.234 e. The van der Waals surface area contributed by atoms with Crippen molar-refractivity contribution in [3.63, 3.8) is 0 Å². The van der Waals surface area contributed by atoms with Crippen molar-refractivity contribution < 1.29 is 10.3 Å². The fourth-order valence-corrected chi connectivity index (χ4v) is 0.427. The fourth-order valence-electron chi connectivity index (χ4n) is 0.427. The Balaban J connectivity index is 0. The van der Waals surface area contributed by atoms with E-state index in [4.69, 9.17) is 11.5 Å². The molecule has 62 valence electrons. The second kappa shape index (κ2) is 3.53. The third-order valence-corrected chi connectivity index (χ3v) is 1.24. The molecule has 4 nitrogen and oxygen atoms in total. The maximum Gasteiger partial charge on any atom is 0.234 e. The van der Waals surface area contributed by atoms with Crippen LogP contribution in [0.1, 0.15) is 20.8 Å². The van der Waals surface area contributed by atoms with Crippen molar-refractivity contribution in [2.24, 2.45) is 16.9 Å². The zero-order valence-corrected chi connectivity index (χ0v) is 6.64. The average Bonchev–Trinajstić information content (AvgIpc) is 1.62. The Hall–Kier alpha value is -0.610. The Morgan fingerprint density at radius 1 is 1.40 bits per heavy atom. The third kappa shape index (κ3) is 3.42. The standard InChI is InChI=1S/C6H14N2O.H2O/c1-6(2,3)4(7)5(8)9;/h4H,7H2,1-3H3,(H2,8,9);1H2/t4-;/m1./s1. The largest absolute Gasteiger partial charge is 0.412 e. The van der Waals surface area contributed by atoms with Gasteiger partial charge in [-0.15, -0.1) is 0 Å². The van der Waals surface area contributed by atoms with Gasteiger partial charge in [-0.25, -0.2) is 0 Å². The van der Waals surface area contributed by atoms with Gasteiger partial charge in [0.1, 0.15) is 0 Å². The van der Waals surface area contributed by atoms with Crippen molar-refractivity contribution in [2.45, 2.75) is 26.8 Å². The quantitative estimate of drug-likeness (QED) is 0.499. The Kier molecular flexibility index (Phi) is 4.27. The van der Waals surface area contributed by atoms with E-state index in [1.165, 1.54) is 0 Å². The molecule has 0 aromatic rings. The monoisotopic (exact) mass is 148 g/mol. The first-order valence-corrected chi connectivity index (χ1v) is 2.90. The van der Waals surface area contributed by atoms with Gasteiger partial charge in [-0.3, -0.25) is 4.79 Å². The summed E-state index contributed by atoms with van der Waals surface area (Å²) in [4.78, 5) is 10.4. The molecule has 0 aromatic carbocycles. The predicted octanol–water partition coefficient (Wildman–Crippen LogP) is -0.980. The molecular formula is C6H16N2O2. The molecule has 1 atom stereocenters. The van der Waals surface area contributed by atoms with Crippen LogP contribution in [-0.4, -0.2) is 17.4 Å². The van der Waals surface area contributed by atoms with Gasteiger partial charge in [-0.2, -0.15) is 0 Å². The van der Waals surface area contributed by atoms with E-state index >= 15 is 0 Å². The summed E-state index contributed by atoms with van der Waals surface area (Å²) in [6, 6.07) is -0.544. The summed E-state index contributed by atoms with van der Waals surface area (Å²) >= 11 is 0. The van der Waals surface area contributed by atoms with Crippen molar-refractivity contribution in [3.8, 4) is 0 Å². The summed E-state index contributed by atoms with van der Waals surface area (Å²) < 4.78 is 0. The lowest BCUT2D eigenvalue weighted by atomic mass is 9.87. The minimum Gasteiger partial charge on any atom is -0.412 e. The van der Waals surface area contributed by atoms with Gasteiger partial charge in [0.25, 0.3) is 0 Å². The summed E-state index contributed by atoms with van der Waals surface area (Å²) in [5.74, 6) is -0.442. The molecule has 0 rings (SSSR count). The SMILES string of the molecule is CC(C)(C)[C@H](N)C(N)=O.O. The maximum atomic E-state index is 10.4. The van der Waals surface area contributed by atoms with Crippen LogP contribution in [0.5, 0.6) is 0 Å². The number of hydrogen-bond acceptors (Lipinski definition) is 2. The van der Waals surface area contributed by atoms with E-state index in [0.29, 0.717) is 0 Å². The van der Waals surface area contributed by atoms with E-state index in [1.807, 2.05) is 20.8 Å². The molecule has 1 amide bonds. The van der Waals surface area contributed by atoms with Crippen molar-refractivity contribution in [1.82, 2.24) is 0 Å². The highest BCUT2D eigenvalue weighted by Gasteiger charge is 2.24. The number of primary amides is 1. The molecule has 0 radical (unpaired) electrons. The van der Waals surface area contributed by atoms with E-state index in [1.54, 1.807) is 0 Å². The zero-order valence-electron chi connectivity index (χ0n) is 6.64. The van der Waals surface area contributed by atoms with E-state index in [-0.39, 0.29) is 10.9 Å². The topological polar surface area (TPSA) is 101 Å². The summed E-state index contributed by atoms with van der Waals surface area (Å²) in [6.07, 6.45) is 0. The lowest BCUT2D eigenvalue weighted by molar-refractivity contribution is -0.121. The second-order valence-corrected chi connectivity index (χ2v) is 3.25. The molecule has 0 saturated carbocycles. The molecule has 0 aliphatic carbocycles. The van der Waals surface area contributed by atoms with E-state index in [0.717, 1.165) is 0 Å². The first kappa shape index (κ1) is 12.1. The molecule has 0 bridgehead atoms. The first-order valence-electron chi connectivity index (χ1n) is 2.90. The molecule has 10 heavy (non-hydrogen) atoms. The highest BCUT2D eigenvalue weighted by Crippen LogP contribution is 2.16. The first-order chi connectivity index (χ1) is 3.85. The van der Waals surface area contributed by atoms with Crippen LogP contribution in [0.25, 0.3) is 0 Å². The normalized spacial score (nSPS) is 13.6. The minimum atomic E-state index is -0.544. The lowest BCUT2D eigenvalue weighted by Crippen LogP contribution is -2.46. The molecule has 0 aliphatic rings. The van der Waals surface area contributed by atoms with E-state index in [2.05, 4.69) is 0 Å². The van der Waals surface area contributed by atoms with Crippen molar-refractivity contribution in [3.05, 3.63) is 0 Å². The molecule has 0 spiro atoms. The van der Waals surface area contributed by atoms with Crippen LogP contribution in [0.4, 0.5) is 0 Å². The van der Waals surface area contributed by atoms with Gasteiger partial charge in [-0.05, 0) is 5.41 Å². The number of hydrogen-bond donors (Lipinski definition) is 2. The van der Waals surface area contributed by atoms with Crippen LogP contribution in [0.2, 0.25) is 0 Å². The predicted molar refractivity (Wildman–Crippen MR) is 40.2 cm³/mol. The van der Waals surface area contributed by atoms with Crippen LogP contribution < -0.4 is 11.5 Å². The molecule has 0 fully saturated rings. The van der Waals surface area contributed by atoms with Gasteiger partial charge in [0.05, 0.1) is 6.04 Å². The number of carbonyl (C=O) groups excluding carboxylic acids is 1. The van der Waals surface area contributed by atoms with E-state index in [9.17, 15) is 4.79 Å². The molecule has 0 aromatic heterocycles. The maximum absolute atomic E-state index is 10.4. The van der Waals surface area contributed by atoms with Gasteiger partial charge in [0, 0.05) is 0 Å². The molecule has 4 heteroatoms. The molecule has 0 heterocycles. The van der Waals surface area contributed by atoms with Crippen molar-refractivity contribution in [1.29, 1.82) is 0 Å². The van der Waals surface area contributed by atoms with Crippen LogP contribution in [0.15, 0.2) is 0 Å². The number of nitrogens with two attached hydrogens (primary N) is 2. The van der Waals surface area contributed by atoms with Gasteiger partial charge < -0.3 is 16.9 Å². The Morgan fingerprint density at radius 2 is 1.70 bits per heavy atom. The molecular weight excluding hydrogens is 132 g/mol. The lowest BCUT2D eigenvalue weighted by Gasteiger charge is -2.23. The Bertz CT molecular complexity index is 117. The Morgan fingerprint density at radius 3 is 1.70 bits per heavy atom. The highest BCUT2D eigenvalue weighted by molar-refractivity contribution is 5.80. The van der Waals surface area contributed by atoms with Crippen LogP contribution in [-0.2, 0) is 4.79 Å². The van der Waals surface area contributed by atoms with Gasteiger partial charge >= 0.3 is 0 Å². The Labute approximate surface area is 60.9 Å². The highest BCUT2D eigenvalue weighted by atomic mass is 16.1. The van der Waals surface area contributed by atoms with Crippen LogP contribution in [0.3, 0.4) is 0 Å². The second-order valence-electron chi connectivity index (χ2n) is 3.25. The zero-order chi connectivity index (χ0) is 7.65. The van der Waals surface area contributed by atoms with Crippen LogP contribution >= 0.6 is 0 Å². The van der Waals surface area contributed by atoms with Crippen LogP contribution in [0, 0.1) is 5.41 Å². The molecule has 0 saturated heterocycles. The number of carbonyl (C=O) groups is 1. The van der Waals surface area contributed by atoms with Gasteiger partial charge in [0.2, 0.25) is 5.91 Å². The number of rotatable bonds is 1. The number of amides is 1.